The number of nitrogens with zero attached hydrogens (tertiary/aromatic N) is 3. The smallest absolute Gasteiger partial charge is 0.290 e. The SMILES string of the molecule is COc1ccnc2c(=O)n(-c3nc4ccc(Oc5ccccc5OCC5CC5)cc4s3)c(=S)oc12. The van der Waals surface area contributed by atoms with E-state index in [0.29, 0.717) is 46.2 Å². The summed E-state index contributed by atoms with van der Waals surface area (Å²) in [7, 11) is 1.49. The van der Waals surface area contributed by atoms with E-state index in [1.165, 1.54) is 42.1 Å². The van der Waals surface area contributed by atoms with Crippen molar-refractivity contribution in [1.82, 2.24) is 14.5 Å². The molecular weight excluding hydrogens is 486 g/mol. The summed E-state index contributed by atoms with van der Waals surface area (Å²) in [5.41, 5.74) is 0.604. The fourth-order valence-electron chi connectivity index (χ4n) is 3.65. The van der Waals surface area contributed by atoms with E-state index in [1.807, 2.05) is 42.5 Å². The molecule has 10 heteroatoms. The van der Waals surface area contributed by atoms with E-state index in [2.05, 4.69) is 9.97 Å². The van der Waals surface area contributed by atoms with Crippen molar-refractivity contribution >= 4 is 44.9 Å². The van der Waals surface area contributed by atoms with Gasteiger partial charge in [0, 0.05) is 18.3 Å². The lowest BCUT2D eigenvalue weighted by Gasteiger charge is -2.12. The molecule has 0 atom stereocenters. The molecule has 8 nitrogen and oxygen atoms in total. The predicted molar refractivity (Wildman–Crippen MR) is 135 cm³/mol. The molecule has 0 spiro atoms. The molecule has 1 saturated carbocycles. The number of fused-ring (bicyclic) bond motifs is 2. The number of rotatable bonds is 7. The van der Waals surface area contributed by atoms with Crippen molar-refractivity contribution in [1.29, 1.82) is 0 Å². The van der Waals surface area contributed by atoms with Crippen molar-refractivity contribution in [3.05, 3.63) is 69.9 Å². The van der Waals surface area contributed by atoms with Crippen LogP contribution in [0.3, 0.4) is 0 Å². The number of thiazole rings is 1. The molecular formula is C25H19N3O5S2. The molecule has 1 aliphatic carbocycles. The average molecular weight is 506 g/mol. The molecule has 0 aliphatic heterocycles. The van der Waals surface area contributed by atoms with Crippen LogP contribution in [0.25, 0.3) is 26.4 Å². The van der Waals surface area contributed by atoms with E-state index < -0.39 is 5.56 Å². The summed E-state index contributed by atoms with van der Waals surface area (Å²) in [6, 6.07) is 14.8. The van der Waals surface area contributed by atoms with Crippen molar-refractivity contribution in [2.45, 2.75) is 12.8 Å². The molecule has 5 aromatic rings. The van der Waals surface area contributed by atoms with E-state index in [4.69, 9.17) is 30.8 Å². The molecule has 3 heterocycles. The van der Waals surface area contributed by atoms with E-state index >= 15 is 0 Å². The topological polar surface area (TPSA) is 88.6 Å². The predicted octanol–water partition coefficient (Wildman–Crippen LogP) is 5.91. The average Bonchev–Trinajstić information content (AvgIpc) is 3.60. The number of pyridine rings is 1. The van der Waals surface area contributed by atoms with Gasteiger partial charge in [0.25, 0.3) is 10.4 Å². The Hall–Kier alpha value is -3.76. The first kappa shape index (κ1) is 21.8. The van der Waals surface area contributed by atoms with E-state index in [0.717, 1.165) is 4.70 Å². The number of hydrogen-bond acceptors (Lipinski definition) is 9. The summed E-state index contributed by atoms with van der Waals surface area (Å²) in [6.07, 6.45) is 3.92. The first-order chi connectivity index (χ1) is 17.1. The molecule has 0 N–H and O–H groups in total. The summed E-state index contributed by atoms with van der Waals surface area (Å²) in [6.45, 7) is 0.702. The third-order valence-electron chi connectivity index (χ3n) is 5.65. The zero-order chi connectivity index (χ0) is 23.9. The first-order valence-electron chi connectivity index (χ1n) is 11.0. The third kappa shape index (κ3) is 4.15. The molecule has 1 fully saturated rings. The van der Waals surface area contributed by atoms with Crippen LogP contribution in [0.5, 0.6) is 23.0 Å². The zero-order valence-corrected chi connectivity index (χ0v) is 20.2. The van der Waals surface area contributed by atoms with Crippen molar-refractivity contribution in [3.63, 3.8) is 0 Å². The van der Waals surface area contributed by atoms with Crippen molar-refractivity contribution in [2.75, 3.05) is 13.7 Å². The Labute approximate surface area is 208 Å². The minimum absolute atomic E-state index is 0.0360. The molecule has 6 rings (SSSR count). The van der Waals surface area contributed by atoms with Crippen LogP contribution >= 0.6 is 23.6 Å². The van der Waals surface area contributed by atoms with Gasteiger partial charge in [-0.3, -0.25) is 4.79 Å². The van der Waals surface area contributed by atoms with Crippen LogP contribution in [0.2, 0.25) is 0 Å². The lowest BCUT2D eigenvalue weighted by Crippen LogP contribution is -2.20. The van der Waals surface area contributed by atoms with Gasteiger partial charge in [0.05, 0.1) is 23.9 Å². The summed E-state index contributed by atoms with van der Waals surface area (Å²) in [4.78, 5) is 21.9. The summed E-state index contributed by atoms with van der Waals surface area (Å²) in [5.74, 6) is 3.03. The van der Waals surface area contributed by atoms with Crippen LogP contribution < -0.4 is 19.8 Å². The highest BCUT2D eigenvalue weighted by Crippen LogP contribution is 2.36. The number of ether oxygens (including phenoxy) is 3. The Balaban J connectivity index is 1.36. The third-order valence-corrected chi connectivity index (χ3v) is 6.92. The Kier molecular flexibility index (Phi) is 5.46. The molecule has 1 aliphatic rings. The Morgan fingerprint density at radius 1 is 1.14 bits per heavy atom. The molecule has 0 bridgehead atoms. The van der Waals surface area contributed by atoms with Crippen molar-refractivity contribution < 1.29 is 18.6 Å². The van der Waals surface area contributed by atoms with Gasteiger partial charge in [-0.2, -0.15) is 0 Å². The van der Waals surface area contributed by atoms with Gasteiger partial charge in [-0.05, 0) is 55.2 Å². The maximum atomic E-state index is 13.2. The number of benzene rings is 2. The summed E-state index contributed by atoms with van der Waals surface area (Å²) in [5, 5.41) is 0.385. The van der Waals surface area contributed by atoms with Crippen LogP contribution in [0, 0.1) is 10.8 Å². The highest BCUT2D eigenvalue weighted by atomic mass is 32.1. The lowest BCUT2D eigenvalue weighted by molar-refractivity contribution is 0.286. The van der Waals surface area contributed by atoms with Gasteiger partial charge in [-0.25, -0.2) is 14.5 Å². The lowest BCUT2D eigenvalue weighted by atomic mass is 10.3. The standard InChI is InChI=1S/C25H19N3O5S2/c1-30-19-10-11-26-21-22(19)33-25(34)28(23(21)29)24-27-16-9-8-15(12-20(16)35-24)32-18-5-3-2-4-17(18)31-13-14-6-7-14/h2-5,8-12,14H,6-7,13H2,1H3. The van der Waals surface area contributed by atoms with Gasteiger partial charge >= 0.3 is 0 Å². The Morgan fingerprint density at radius 3 is 2.77 bits per heavy atom. The molecule has 35 heavy (non-hydrogen) atoms. The van der Waals surface area contributed by atoms with Crippen LogP contribution in [-0.4, -0.2) is 28.3 Å². The Bertz CT molecular complexity index is 1690. The van der Waals surface area contributed by atoms with Crippen LogP contribution in [0.1, 0.15) is 12.8 Å². The number of aromatic nitrogens is 3. The summed E-state index contributed by atoms with van der Waals surface area (Å²) < 4.78 is 25.2. The number of hydrogen-bond donors (Lipinski definition) is 0. The van der Waals surface area contributed by atoms with Crippen LogP contribution in [0.4, 0.5) is 0 Å². The molecule has 3 aromatic heterocycles. The fraction of sp³-hybridized carbons (Fsp3) is 0.200. The van der Waals surface area contributed by atoms with Gasteiger partial charge in [0.1, 0.15) is 5.75 Å². The normalized spacial score (nSPS) is 13.3. The minimum Gasteiger partial charge on any atom is -0.493 e. The van der Waals surface area contributed by atoms with E-state index in [1.54, 1.807) is 6.07 Å². The first-order valence-corrected chi connectivity index (χ1v) is 12.2. The molecule has 0 unspecified atom stereocenters. The van der Waals surface area contributed by atoms with Gasteiger partial charge < -0.3 is 18.6 Å². The number of para-hydroxylation sites is 2. The Morgan fingerprint density at radius 2 is 1.97 bits per heavy atom. The van der Waals surface area contributed by atoms with Gasteiger partial charge in [0.15, 0.2) is 22.8 Å². The molecule has 0 saturated heterocycles. The highest BCUT2D eigenvalue weighted by molar-refractivity contribution is 7.71. The van der Waals surface area contributed by atoms with Gasteiger partial charge in [-0.15, -0.1) is 0 Å². The highest BCUT2D eigenvalue weighted by Gasteiger charge is 2.22. The van der Waals surface area contributed by atoms with Crippen molar-refractivity contribution in [2.24, 2.45) is 5.92 Å². The van der Waals surface area contributed by atoms with E-state index in [9.17, 15) is 4.79 Å². The molecule has 0 amide bonds. The van der Waals surface area contributed by atoms with Crippen LogP contribution in [-0.2, 0) is 0 Å². The molecule has 176 valence electrons. The van der Waals surface area contributed by atoms with Crippen LogP contribution in [0.15, 0.2) is 63.9 Å². The quantitative estimate of drug-likeness (QED) is 0.252. The second-order valence-electron chi connectivity index (χ2n) is 8.13. The van der Waals surface area contributed by atoms with Crippen molar-refractivity contribution in [3.8, 4) is 28.1 Å². The summed E-state index contributed by atoms with van der Waals surface area (Å²) >= 11 is 6.68. The fourth-order valence-corrected chi connectivity index (χ4v) is 4.96. The number of methoxy groups -OCH3 is 1. The molecule has 0 radical (unpaired) electrons. The maximum Gasteiger partial charge on any atom is 0.290 e. The minimum atomic E-state index is -0.424. The van der Waals surface area contributed by atoms with E-state index in [-0.39, 0.29) is 15.9 Å². The maximum absolute atomic E-state index is 13.2. The zero-order valence-electron chi connectivity index (χ0n) is 18.6. The van der Waals surface area contributed by atoms with Gasteiger partial charge in [-0.1, -0.05) is 23.5 Å². The van der Waals surface area contributed by atoms with Gasteiger partial charge in [0.2, 0.25) is 10.7 Å². The largest absolute Gasteiger partial charge is 0.493 e. The molecule has 2 aromatic carbocycles. The monoisotopic (exact) mass is 505 g/mol. The second-order valence-corrected chi connectivity index (χ2v) is 9.49. The second kappa shape index (κ2) is 8.79.